The first-order valence-corrected chi connectivity index (χ1v) is 21.5. The summed E-state index contributed by atoms with van der Waals surface area (Å²) in [6.07, 6.45) is 10.8. The Morgan fingerprint density at radius 3 is 2.06 bits per heavy atom. The molecule has 0 spiro atoms. The van der Waals surface area contributed by atoms with Crippen molar-refractivity contribution >= 4 is 24.6 Å². The summed E-state index contributed by atoms with van der Waals surface area (Å²) in [6.45, 7) is 9.27. The molecule has 3 heterocycles. The SMILES string of the molecule is Cc1cc(-c2[c-]ccc(-c3ccccc3)c2)ncc1[Si](C)(C)C.[Ir].[c-]1cc2c(cc1-c1nnc(-c3ccccc3)o1)N(c1ccccc1)C1C=CC=CC21. The average Bonchev–Trinajstić information content (AvgIpc) is 3.82. The molecule has 0 fully saturated rings. The van der Waals surface area contributed by atoms with Crippen LogP contribution in [0.1, 0.15) is 17.0 Å². The molecule has 7 heteroatoms. The van der Waals surface area contributed by atoms with Gasteiger partial charge >= 0.3 is 0 Å². The fraction of sp³-hybridized carbons (Fsp3) is 0.128. The van der Waals surface area contributed by atoms with E-state index in [2.05, 4.69) is 163 Å². The minimum atomic E-state index is -1.34. The van der Waals surface area contributed by atoms with Gasteiger partial charge in [0.05, 0.1) is 14.1 Å². The third-order valence-corrected chi connectivity index (χ3v) is 11.9. The maximum absolute atomic E-state index is 5.98. The normalized spacial score (nSPS) is 15.4. The van der Waals surface area contributed by atoms with Gasteiger partial charge in [-0.3, -0.25) is 0 Å². The van der Waals surface area contributed by atoms with Crippen molar-refractivity contribution in [1.82, 2.24) is 15.2 Å². The molecule has 0 N–H and O–H groups in total. The van der Waals surface area contributed by atoms with Crippen LogP contribution in [-0.2, 0) is 20.1 Å². The van der Waals surface area contributed by atoms with Gasteiger partial charge in [-0.2, -0.15) is 5.10 Å². The van der Waals surface area contributed by atoms with E-state index in [-0.39, 0.29) is 26.1 Å². The largest absolute Gasteiger partial charge is 0.464 e. The molecule has 2 aliphatic rings. The average molecular weight is 897 g/mol. The van der Waals surface area contributed by atoms with Gasteiger partial charge in [0.25, 0.3) is 0 Å². The molecule has 0 saturated heterocycles. The number of aromatic nitrogens is 3. The van der Waals surface area contributed by atoms with Gasteiger partial charge in [-0.05, 0) is 59.2 Å². The second-order valence-electron chi connectivity index (χ2n) is 14.4. The van der Waals surface area contributed by atoms with Crippen molar-refractivity contribution < 1.29 is 24.5 Å². The van der Waals surface area contributed by atoms with Crippen LogP contribution in [0.15, 0.2) is 162 Å². The Labute approximate surface area is 332 Å². The quantitative estimate of drug-likeness (QED) is 0.123. The monoisotopic (exact) mass is 897 g/mol. The molecule has 5 aromatic carbocycles. The zero-order chi connectivity index (χ0) is 36.4. The number of nitrogens with zero attached hydrogens (tertiary/aromatic N) is 4. The minimum Gasteiger partial charge on any atom is -0.464 e. The first-order chi connectivity index (χ1) is 25.8. The van der Waals surface area contributed by atoms with E-state index in [1.807, 2.05) is 48.5 Å². The molecule has 7 aromatic rings. The van der Waals surface area contributed by atoms with E-state index in [0.29, 0.717) is 17.7 Å². The number of hydrogen-bond donors (Lipinski definition) is 0. The van der Waals surface area contributed by atoms with Crippen LogP contribution in [0.25, 0.3) is 45.3 Å². The van der Waals surface area contributed by atoms with E-state index in [4.69, 9.17) is 9.40 Å². The number of para-hydroxylation sites is 1. The van der Waals surface area contributed by atoms with Crippen LogP contribution in [0, 0.1) is 19.1 Å². The summed E-state index contributed by atoms with van der Waals surface area (Å²) >= 11 is 0. The molecule has 1 radical (unpaired) electrons. The van der Waals surface area contributed by atoms with Crippen LogP contribution in [0.2, 0.25) is 19.6 Å². The summed E-state index contributed by atoms with van der Waals surface area (Å²) < 4.78 is 5.98. The summed E-state index contributed by atoms with van der Waals surface area (Å²) in [7, 11) is -1.34. The molecule has 2 atom stereocenters. The molecule has 1 aliphatic carbocycles. The maximum Gasteiger partial charge on any atom is 0.237 e. The first-order valence-electron chi connectivity index (χ1n) is 18.0. The number of benzene rings is 5. The molecule has 2 aromatic heterocycles. The molecule has 0 amide bonds. The molecule has 5 nitrogen and oxygen atoms in total. The van der Waals surface area contributed by atoms with E-state index in [1.165, 1.54) is 33.1 Å². The van der Waals surface area contributed by atoms with Gasteiger partial charge in [-0.25, -0.2) is 0 Å². The Hall–Kier alpha value is -5.46. The Balaban J connectivity index is 0.000000170. The van der Waals surface area contributed by atoms with Gasteiger partial charge in [0.1, 0.15) is 0 Å². The summed E-state index contributed by atoms with van der Waals surface area (Å²) in [5.74, 6) is 1.29. The molecule has 269 valence electrons. The molecule has 0 bridgehead atoms. The van der Waals surface area contributed by atoms with Gasteiger partial charge < -0.3 is 14.3 Å². The fourth-order valence-corrected chi connectivity index (χ4v) is 8.93. The van der Waals surface area contributed by atoms with Gasteiger partial charge in [0.2, 0.25) is 5.89 Å². The zero-order valence-electron chi connectivity index (χ0n) is 30.7. The number of allylic oxidation sites excluding steroid dienone is 2. The van der Waals surface area contributed by atoms with Crippen molar-refractivity contribution in [2.45, 2.75) is 38.5 Å². The van der Waals surface area contributed by atoms with Crippen molar-refractivity contribution in [3.8, 4) is 45.3 Å². The van der Waals surface area contributed by atoms with Gasteiger partial charge in [-0.15, -0.1) is 58.7 Å². The molecular formula is C47H40IrN4OSi-2. The molecule has 9 rings (SSSR count). The van der Waals surface area contributed by atoms with E-state index >= 15 is 0 Å². The number of pyridine rings is 1. The number of fused-ring (bicyclic) bond motifs is 3. The first kappa shape index (κ1) is 36.9. The Morgan fingerprint density at radius 2 is 1.35 bits per heavy atom. The predicted octanol–water partition coefficient (Wildman–Crippen LogP) is 11.0. The second-order valence-corrected chi connectivity index (χ2v) is 19.5. The van der Waals surface area contributed by atoms with Crippen LogP contribution in [0.4, 0.5) is 11.4 Å². The summed E-state index contributed by atoms with van der Waals surface area (Å²) in [5, 5.41) is 9.95. The Morgan fingerprint density at radius 1 is 0.685 bits per heavy atom. The third-order valence-electron chi connectivity index (χ3n) is 9.80. The minimum absolute atomic E-state index is 0. The van der Waals surface area contributed by atoms with E-state index in [9.17, 15) is 0 Å². The van der Waals surface area contributed by atoms with Crippen LogP contribution in [-0.4, -0.2) is 29.3 Å². The van der Waals surface area contributed by atoms with Gasteiger partial charge in [-0.1, -0.05) is 133 Å². The standard InChI is InChI=1S/C26H18N3O.C21H22NSi.Ir/c1-3-9-18(10-4-1)25-27-28-26(30-25)19-15-16-22-21-13-7-8-14-23(21)29(24(22)17-19)20-11-5-2-6-12-20;1-16-13-20(22-15-21(16)23(2,3)4)19-12-8-11-18(14-19)17-9-6-5-7-10-17;/h1-14,16-17,21,23H;5-11,13-15H,1-4H3;/q2*-1;. The van der Waals surface area contributed by atoms with Crippen molar-refractivity contribution in [2.75, 3.05) is 4.90 Å². The van der Waals surface area contributed by atoms with Gasteiger partial charge in [0, 0.05) is 37.6 Å². The molecular weight excluding hydrogens is 857 g/mol. The fourth-order valence-electron chi connectivity index (χ4n) is 7.22. The predicted molar refractivity (Wildman–Crippen MR) is 219 cm³/mol. The molecule has 0 saturated carbocycles. The molecule has 54 heavy (non-hydrogen) atoms. The summed E-state index contributed by atoms with van der Waals surface area (Å²) in [5.41, 5.74) is 11.1. The Kier molecular flexibility index (Phi) is 10.8. The zero-order valence-corrected chi connectivity index (χ0v) is 34.1. The van der Waals surface area contributed by atoms with E-state index in [1.54, 1.807) is 0 Å². The van der Waals surface area contributed by atoms with Crippen molar-refractivity contribution in [3.63, 3.8) is 0 Å². The van der Waals surface area contributed by atoms with Gasteiger partial charge in [0.15, 0.2) is 5.89 Å². The topological polar surface area (TPSA) is 55.1 Å². The van der Waals surface area contributed by atoms with Crippen LogP contribution in [0.5, 0.6) is 0 Å². The van der Waals surface area contributed by atoms with Crippen molar-refractivity contribution in [1.29, 1.82) is 0 Å². The van der Waals surface area contributed by atoms with E-state index in [0.717, 1.165) is 28.1 Å². The number of aryl methyl sites for hydroxylation is 1. The number of hydrogen-bond acceptors (Lipinski definition) is 5. The number of rotatable bonds is 6. The van der Waals surface area contributed by atoms with Crippen LogP contribution >= 0.6 is 0 Å². The molecule has 1 aliphatic heterocycles. The van der Waals surface area contributed by atoms with Crippen LogP contribution in [0.3, 0.4) is 0 Å². The molecule has 2 unspecified atom stereocenters. The summed E-state index contributed by atoms with van der Waals surface area (Å²) in [4.78, 5) is 7.10. The maximum atomic E-state index is 5.98. The van der Waals surface area contributed by atoms with Crippen molar-refractivity contribution in [2.24, 2.45) is 0 Å². The van der Waals surface area contributed by atoms with E-state index < -0.39 is 8.07 Å². The summed E-state index contributed by atoms with van der Waals surface area (Å²) in [6, 6.07) is 50.3. The van der Waals surface area contributed by atoms with Crippen LogP contribution < -0.4 is 10.1 Å². The third kappa shape index (κ3) is 7.62. The second kappa shape index (κ2) is 15.9. The number of anilines is 2. The Bertz CT molecular complexity index is 2420. The smallest absolute Gasteiger partial charge is 0.237 e. The van der Waals surface area contributed by atoms with Crippen molar-refractivity contribution in [3.05, 3.63) is 181 Å².